The molecule has 0 aromatic heterocycles. The topological polar surface area (TPSA) is 0 Å². The van der Waals surface area contributed by atoms with E-state index in [2.05, 4.69) is 85.8 Å². The Morgan fingerprint density at radius 3 is 1.68 bits per heavy atom. The molecule has 0 saturated carbocycles. The van der Waals surface area contributed by atoms with Crippen LogP contribution in [0.2, 0.25) is 0 Å². The number of hydrogen-bond acceptors (Lipinski definition) is 0. The normalized spacial score (nSPS) is 10.8. The number of hydrogen-bond donors (Lipinski definition) is 0. The Balaban J connectivity index is 2.15. The first-order valence-electron chi connectivity index (χ1n) is 6.49. The Morgan fingerprint density at radius 2 is 1.26 bits per heavy atom. The molecule has 94 valence electrons. The minimum Gasteiger partial charge on any atom is -0.210 e. The molecule has 3 aromatic carbocycles. The lowest BCUT2D eigenvalue weighted by Gasteiger charge is -2.23. The maximum absolute atomic E-state index is 2.26. The second-order valence-corrected chi connectivity index (χ2v) is 6.79. The predicted octanol–water partition coefficient (Wildman–Crippen LogP) is 3.47. The van der Waals surface area contributed by atoms with E-state index < -0.39 is 7.92 Å². The lowest BCUT2D eigenvalue weighted by molar-refractivity contribution is 1.58. The summed E-state index contributed by atoms with van der Waals surface area (Å²) in [6, 6.07) is 28.3. The molecule has 0 N–H and O–H groups in total. The van der Waals surface area contributed by atoms with E-state index in [4.69, 9.17) is 0 Å². The van der Waals surface area contributed by atoms with Crippen LogP contribution in [0.3, 0.4) is 0 Å². The van der Waals surface area contributed by atoms with Gasteiger partial charge in [0, 0.05) is 0 Å². The van der Waals surface area contributed by atoms with E-state index in [1.165, 1.54) is 21.5 Å². The SMILES string of the molecule is Cc1cc[cH-]c1P(c1ccccc1)c1ccccc1. The van der Waals surface area contributed by atoms with Gasteiger partial charge in [-0.25, -0.2) is 6.07 Å². The Bertz CT molecular complexity index is 598. The third-order valence-corrected chi connectivity index (χ3v) is 5.89. The molecule has 19 heavy (non-hydrogen) atoms. The van der Waals surface area contributed by atoms with Crippen LogP contribution < -0.4 is 15.9 Å². The molecule has 0 atom stereocenters. The largest absolute Gasteiger partial charge is 0.210 e. The van der Waals surface area contributed by atoms with E-state index >= 15 is 0 Å². The van der Waals surface area contributed by atoms with Crippen LogP contribution in [0.1, 0.15) is 5.56 Å². The zero-order valence-corrected chi connectivity index (χ0v) is 11.8. The Kier molecular flexibility index (Phi) is 3.53. The molecule has 0 amide bonds. The van der Waals surface area contributed by atoms with Crippen LogP contribution in [0.25, 0.3) is 0 Å². The van der Waals surface area contributed by atoms with Gasteiger partial charge in [-0.2, -0.15) is 17.7 Å². The van der Waals surface area contributed by atoms with Gasteiger partial charge in [0.1, 0.15) is 0 Å². The van der Waals surface area contributed by atoms with Crippen LogP contribution in [0.15, 0.2) is 78.9 Å². The van der Waals surface area contributed by atoms with Crippen LogP contribution >= 0.6 is 7.92 Å². The van der Waals surface area contributed by atoms with Crippen molar-refractivity contribution in [1.29, 1.82) is 0 Å². The van der Waals surface area contributed by atoms with E-state index in [9.17, 15) is 0 Å². The first-order valence-corrected chi connectivity index (χ1v) is 7.83. The third-order valence-electron chi connectivity index (χ3n) is 3.27. The van der Waals surface area contributed by atoms with E-state index in [-0.39, 0.29) is 0 Å². The van der Waals surface area contributed by atoms with E-state index in [0.29, 0.717) is 0 Å². The maximum atomic E-state index is 2.26. The van der Waals surface area contributed by atoms with Crippen LogP contribution in [0, 0.1) is 6.92 Å². The smallest absolute Gasteiger partial charge is 0.0171 e. The van der Waals surface area contributed by atoms with Gasteiger partial charge in [-0.3, -0.25) is 0 Å². The van der Waals surface area contributed by atoms with Crippen molar-refractivity contribution < 1.29 is 0 Å². The summed E-state index contributed by atoms with van der Waals surface area (Å²) in [7, 11) is -0.430. The Morgan fingerprint density at radius 1 is 0.737 bits per heavy atom. The van der Waals surface area contributed by atoms with Gasteiger partial charge in [0.25, 0.3) is 0 Å². The molecule has 0 nitrogen and oxygen atoms in total. The number of rotatable bonds is 3. The molecule has 0 heterocycles. The van der Waals surface area contributed by atoms with Crippen molar-refractivity contribution in [2.45, 2.75) is 6.92 Å². The summed E-state index contributed by atoms with van der Waals surface area (Å²) >= 11 is 0. The first kappa shape index (κ1) is 12.3. The van der Waals surface area contributed by atoms with Crippen LogP contribution in [0.4, 0.5) is 0 Å². The van der Waals surface area contributed by atoms with Gasteiger partial charge in [0.15, 0.2) is 0 Å². The van der Waals surface area contributed by atoms with Crippen LogP contribution in [-0.2, 0) is 0 Å². The van der Waals surface area contributed by atoms with E-state index in [1.807, 2.05) is 0 Å². The van der Waals surface area contributed by atoms with E-state index in [0.717, 1.165) is 0 Å². The number of aryl methyl sites for hydroxylation is 1. The summed E-state index contributed by atoms with van der Waals surface area (Å²) in [6.45, 7) is 2.20. The first-order chi connectivity index (χ1) is 9.36. The Hall–Kier alpha value is -1.78. The molecule has 0 spiro atoms. The fourth-order valence-electron chi connectivity index (χ4n) is 2.33. The van der Waals surface area contributed by atoms with E-state index in [1.54, 1.807) is 0 Å². The molecular formula is C18H16P-. The highest BCUT2D eigenvalue weighted by molar-refractivity contribution is 7.79. The quantitative estimate of drug-likeness (QED) is 0.501. The fraction of sp³-hybridized carbons (Fsp3) is 0.0556. The Labute approximate surface area is 115 Å². The standard InChI is InChI=1S/C18H16P/c1-15-9-8-14-18(15)19(16-10-4-2-5-11-16)17-12-6-3-7-13-17/h2-14H,1H3/q-1. The van der Waals surface area contributed by atoms with Crippen molar-refractivity contribution >= 4 is 23.8 Å². The molecular weight excluding hydrogens is 247 g/mol. The van der Waals surface area contributed by atoms with Crippen molar-refractivity contribution in [3.63, 3.8) is 0 Å². The average molecular weight is 263 g/mol. The van der Waals surface area contributed by atoms with Gasteiger partial charge in [-0.15, -0.1) is 5.30 Å². The van der Waals surface area contributed by atoms with Crippen molar-refractivity contribution in [3.8, 4) is 0 Å². The lowest BCUT2D eigenvalue weighted by atomic mass is 10.4. The fourth-order valence-corrected chi connectivity index (χ4v) is 4.79. The predicted molar refractivity (Wildman–Crippen MR) is 85.5 cm³/mol. The molecule has 0 bridgehead atoms. The van der Waals surface area contributed by atoms with Crippen LogP contribution in [0.5, 0.6) is 0 Å². The van der Waals surface area contributed by atoms with Gasteiger partial charge >= 0.3 is 0 Å². The zero-order valence-electron chi connectivity index (χ0n) is 11.0. The van der Waals surface area contributed by atoms with Crippen LogP contribution in [-0.4, -0.2) is 0 Å². The minimum atomic E-state index is -0.430. The summed E-state index contributed by atoms with van der Waals surface area (Å²) in [5.41, 5.74) is 1.39. The molecule has 0 aliphatic heterocycles. The van der Waals surface area contributed by atoms with Gasteiger partial charge in [-0.05, 0) is 18.5 Å². The maximum Gasteiger partial charge on any atom is -0.0171 e. The molecule has 0 saturated heterocycles. The van der Waals surface area contributed by atoms with Crippen molar-refractivity contribution in [1.82, 2.24) is 0 Å². The molecule has 0 aliphatic carbocycles. The summed E-state index contributed by atoms with van der Waals surface area (Å²) < 4.78 is 0. The highest BCUT2D eigenvalue weighted by Gasteiger charge is 2.13. The minimum absolute atomic E-state index is 0.430. The van der Waals surface area contributed by atoms with Gasteiger partial charge < -0.3 is 0 Å². The third kappa shape index (κ3) is 2.50. The highest BCUT2D eigenvalue weighted by Crippen LogP contribution is 2.33. The van der Waals surface area contributed by atoms with Crippen molar-refractivity contribution in [2.75, 3.05) is 0 Å². The van der Waals surface area contributed by atoms with Gasteiger partial charge in [0.05, 0.1) is 0 Å². The van der Waals surface area contributed by atoms with Crippen molar-refractivity contribution in [2.24, 2.45) is 0 Å². The average Bonchev–Trinajstić information content (AvgIpc) is 2.88. The summed E-state index contributed by atoms with van der Waals surface area (Å²) in [5, 5.41) is 4.29. The molecule has 0 unspecified atom stereocenters. The molecule has 3 aromatic rings. The second-order valence-electron chi connectivity index (χ2n) is 4.60. The van der Waals surface area contributed by atoms with Crippen molar-refractivity contribution in [3.05, 3.63) is 84.4 Å². The second kappa shape index (κ2) is 5.47. The van der Waals surface area contributed by atoms with Gasteiger partial charge in [0.2, 0.25) is 0 Å². The molecule has 0 fully saturated rings. The molecule has 0 aliphatic rings. The summed E-state index contributed by atoms with van der Waals surface area (Å²) in [5.74, 6) is 0. The lowest BCUT2D eigenvalue weighted by Crippen LogP contribution is -2.20. The van der Waals surface area contributed by atoms with Gasteiger partial charge in [-0.1, -0.05) is 67.6 Å². The molecule has 3 rings (SSSR count). The monoisotopic (exact) mass is 263 g/mol. The summed E-state index contributed by atoms with van der Waals surface area (Å²) in [6.07, 6.45) is 0. The number of benzene rings is 2. The molecule has 0 radical (unpaired) electrons. The summed E-state index contributed by atoms with van der Waals surface area (Å²) in [4.78, 5) is 0. The highest BCUT2D eigenvalue weighted by atomic mass is 31.1. The molecule has 1 heteroatoms. The zero-order chi connectivity index (χ0) is 13.1.